The van der Waals surface area contributed by atoms with Gasteiger partial charge in [-0.2, -0.15) is 0 Å². The van der Waals surface area contributed by atoms with Gasteiger partial charge in [0.05, 0.1) is 7.11 Å². The van der Waals surface area contributed by atoms with Gasteiger partial charge in [-0.15, -0.1) is 0 Å². The van der Waals surface area contributed by atoms with E-state index in [0.717, 1.165) is 56.8 Å². The van der Waals surface area contributed by atoms with Crippen LogP contribution in [0.25, 0.3) is 11.0 Å². The smallest absolute Gasteiger partial charge is 0.349 e. The van der Waals surface area contributed by atoms with Crippen molar-refractivity contribution in [1.82, 2.24) is 4.90 Å². The van der Waals surface area contributed by atoms with Crippen LogP contribution in [0.5, 0.6) is 5.75 Å². The molecule has 2 aliphatic carbocycles. The minimum absolute atomic E-state index is 0.150. The Morgan fingerprint density at radius 2 is 1.61 bits per heavy atom. The fourth-order valence-electron chi connectivity index (χ4n) is 4.91. The second kappa shape index (κ2) is 8.38. The summed E-state index contributed by atoms with van der Waals surface area (Å²) in [6.45, 7) is 0. The van der Waals surface area contributed by atoms with E-state index in [1.165, 1.54) is 12.8 Å². The number of nitrogens with zero attached hydrogens (tertiary/aromatic N) is 1. The summed E-state index contributed by atoms with van der Waals surface area (Å²) in [7, 11) is 1.54. The molecule has 0 aliphatic heterocycles. The molecule has 150 valence electrons. The lowest BCUT2D eigenvalue weighted by Crippen LogP contribution is -2.49. The summed E-state index contributed by atoms with van der Waals surface area (Å²) in [5, 5.41) is 0.717. The van der Waals surface area contributed by atoms with Crippen LogP contribution >= 0.6 is 0 Å². The third kappa shape index (κ3) is 3.67. The van der Waals surface area contributed by atoms with Crippen LogP contribution in [0, 0.1) is 0 Å². The summed E-state index contributed by atoms with van der Waals surface area (Å²) in [5.41, 5.74) is -0.0241. The molecule has 1 aromatic carbocycles. The molecule has 1 amide bonds. The van der Waals surface area contributed by atoms with Crippen LogP contribution in [-0.4, -0.2) is 30.0 Å². The van der Waals surface area contributed by atoms with Crippen LogP contribution in [0.1, 0.15) is 74.6 Å². The quantitative estimate of drug-likeness (QED) is 0.704. The largest absolute Gasteiger partial charge is 0.493 e. The van der Waals surface area contributed by atoms with Crippen LogP contribution in [0.15, 0.2) is 33.5 Å². The maximum atomic E-state index is 13.6. The Kier molecular flexibility index (Phi) is 5.69. The average molecular weight is 383 g/mol. The van der Waals surface area contributed by atoms with Crippen molar-refractivity contribution in [2.24, 2.45) is 0 Å². The Morgan fingerprint density at radius 3 is 2.18 bits per heavy atom. The van der Waals surface area contributed by atoms with E-state index in [9.17, 15) is 9.59 Å². The zero-order valence-corrected chi connectivity index (χ0v) is 16.6. The maximum absolute atomic E-state index is 13.6. The molecule has 2 fully saturated rings. The van der Waals surface area contributed by atoms with Gasteiger partial charge in [0.15, 0.2) is 11.3 Å². The number of carbonyl (C=O) groups excluding carboxylic acids is 1. The van der Waals surface area contributed by atoms with Crippen LogP contribution in [-0.2, 0) is 0 Å². The molecule has 0 atom stereocenters. The fourth-order valence-corrected chi connectivity index (χ4v) is 4.91. The van der Waals surface area contributed by atoms with Gasteiger partial charge in [0.25, 0.3) is 5.91 Å². The number of fused-ring (bicyclic) bond motifs is 1. The molecule has 2 aliphatic rings. The number of hydrogen-bond donors (Lipinski definition) is 0. The highest BCUT2D eigenvalue weighted by molar-refractivity contribution is 5.97. The summed E-state index contributed by atoms with van der Waals surface area (Å²) >= 11 is 0. The van der Waals surface area contributed by atoms with Crippen molar-refractivity contribution < 1.29 is 13.9 Å². The molecule has 0 saturated heterocycles. The Bertz CT molecular complexity index is 873. The third-order valence-corrected chi connectivity index (χ3v) is 6.34. The fraction of sp³-hybridized carbons (Fsp3) is 0.565. The van der Waals surface area contributed by atoms with Gasteiger partial charge in [-0.05, 0) is 37.8 Å². The van der Waals surface area contributed by atoms with Crippen LogP contribution < -0.4 is 10.4 Å². The van der Waals surface area contributed by atoms with Gasteiger partial charge in [-0.3, -0.25) is 4.79 Å². The first-order valence-corrected chi connectivity index (χ1v) is 10.6. The second-order valence-electron chi connectivity index (χ2n) is 8.12. The zero-order valence-electron chi connectivity index (χ0n) is 16.6. The Hall–Kier alpha value is -2.30. The maximum Gasteiger partial charge on any atom is 0.349 e. The molecular weight excluding hydrogens is 354 g/mol. The first-order valence-electron chi connectivity index (χ1n) is 10.6. The van der Waals surface area contributed by atoms with Gasteiger partial charge in [0.2, 0.25) is 0 Å². The predicted octanol–water partition coefficient (Wildman–Crippen LogP) is 4.91. The summed E-state index contributed by atoms with van der Waals surface area (Å²) in [6.07, 6.45) is 11.3. The molecule has 0 unspecified atom stereocenters. The number of carbonyl (C=O) groups is 1. The molecular formula is C23H29NO4. The summed E-state index contributed by atoms with van der Waals surface area (Å²) in [5.74, 6) is 0.349. The highest BCUT2D eigenvalue weighted by Gasteiger charge is 2.34. The van der Waals surface area contributed by atoms with Gasteiger partial charge in [-0.25, -0.2) is 4.79 Å². The highest BCUT2D eigenvalue weighted by atomic mass is 16.5. The van der Waals surface area contributed by atoms with Gasteiger partial charge in [-0.1, -0.05) is 50.7 Å². The van der Waals surface area contributed by atoms with E-state index in [1.807, 2.05) is 12.1 Å². The van der Waals surface area contributed by atoms with E-state index in [4.69, 9.17) is 9.15 Å². The Morgan fingerprint density at radius 1 is 1.00 bits per heavy atom. The van der Waals surface area contributed by atoms with Crippen molar-refractivity contribution >= 4 is 16.9 Å². The van der Waals surface area contributed by atoms with E-state index in [0.29, 0.717) is 11.3 Å². The molecule has 5 heteroatoms. The first kappa shape index (κ1) is 19.0. The van der Waals surface area contributed by atoms with Gasteiger partial charge >= 0.3 is 5.63 Å². The lowest BCUT2D eigenvalue weighted by atomic mass is 9.88. The molecule has 0 N–H and O–H groups in total. The monoisotopic (exact) mass is 383 g/mol. The van der Waals surface area contributed by atoms with E-state index >= 15 is 0 Å². The first-order chi connectivity index (χ1) is 13.7. The number of ether oxygens (including phenoxy) is 1. The topological polar surface area (TPSA) is 59.8 Å². The van der Waals surface area contributed by atoms with Crippen LogP contribution in [0.2, 0.25) is 0 Å². The standard InChI is InChI=1S/C23H29NO4/c1-27-20-14-8-9-16-15-19(23(26)28-21(16)20)22(25)24(17-10-4-2-5-11-17)18-12-6-3-7-13-18/h8-9,14-15,17-18H,2-7,10-13H2,1H3. The van der Waals surface area contributed by atoms with Gasteiger partial charge in [0, 0.05) is 17.5 Å². The minimum atomic E-state index is -0.571. The van der Waals surface area contributed by atoms with E-state index < -0.39 is 5.63 Å². The molecule has 5 nitrogen and oxygen atoms in total. The van der Waals surface area contributed by atoms with Crippen molar-refractivity contribution in [1.29, 1.82) is 0 Å². The number of para-hydroxylation sites is 1. The number of rotatable bonds is 4. The van der Waals surface area contributed by atoms with Crippen molar-refractivity contribution in [2.75, 3.05) is 7.11 Å². The Balaban J connectivity index is 1.73. The molecule has 0 radical (unpaired) electrons. The summed E-state index contributed by atoms with van der Waals surface area (Å²) in [6, 6.07) is 7.61. The van der Waals surface area contributed by atoms with Crippen molar-refractivity contribution in [2.45, 2.75) is 76.3 Å². The predicted molar refractivity (Wildman–Crippen MR) is 109 cm³/mol. The Labute approximate surface area is 165 Å². The molecule has 1 heterocycles. The van der Waals surface area contributed by atoms with E-state index in [2.05, 4.69) is 4.90 Å². The number of benzene rings is 1. The van der Waals surface area contributed by atoms with Gasteiger partial charge in [0.1, 0.15) is 5.56 Å². The van der Waals surface area contributed by atoms with Crippen LogP contribution in [0.3, 0.4) is 0 Å². The number of methoxy groups -OCH3 is 1. The van der Waals surface area contributed by atoms with E-state index in [1.54, 1.807) is 19.2 Å². The summed E-state index contributed by atoms with van der Waals surface area (Å²) < 4.78 is 10.8. The molecule has 0 spiro atoms. The molecule has 28 heavy (non-hydrogen) atoms. The van der Waals surface area contributed by atoms with Gasteiger partial charge < -0.3 is 14.1 Å². The minimum Gasteiger partial charge on any atom is -0.493 e. The molecule has 2 saturated carbocycles. The normalized spacial score (nSPS) is 18.9. The second-order valence-corrected chi connectivity index (χ2v) is 8.12. The number of hydrogen-bond acceptors (Lipinski definition) is 4. The molecule has 0 bridgehead atoms. The lowest BCUT2D eigenvalue weighted by Gasteiger charge is -2.41. The highest BCUT2D eigenvalue weighted by Crippen LogP contribution is 2.32. The average Bonchev–Trinajstić information content (AvgIpc) is 2.74. The van der Waals surface area contributed by atoms with Crippen molar-refractivity contribution in [3.8, 4) is 5.75 Å². The number of amides is 1. The van der Waals surface area contributed by atoms with Crippen LogP contribution in [0.4, 0.5) is 0 Å². The SMILES string of the molecule is COc1cccc2cc(C(=O)N(C3CCCCC3)C3CCCCC3)c(=O)oc12. The molecule has 4 rings (SSSR count). The molecule has 1 aromatic heterocycles. The lowest BCUT2D eigenvalue weighted by molar-refractivity contribution is 0.0444. The van der Waals surface area contributed by atoms with Crippen molar-refractivity contribution in [3.05, 3.63) is 40.2 Å². The van der Waals surface area contributed by atoms with E-state index in [-0.39, 0.29) is 23.6 Å². The molecule has 2 aromatic rings. The zero-order chi connectivity index (χ0) is 19.5. The van der Waals surface area contributed by atoms with Crippen molar-refractivity contribution in [3.63, 3.8) is 0 Å². The third-order valence-electron chi connectivity index (χ3n) is 6.34. The summed E-state index contributed by atoms with van der Waals surface area (Å²) in [4.78, 5) is 28.4.